The van der Waals surface area contributed by atoms with Crippen LogP contribution in [-0.4, -0.2) is 68.8 Å². The van der Waals surface area contributed by atoms with Crippen molar-refractivity contribution >= 4 is 5.97 Å². The number of carbonyl (C=O) groups is 1. The second-order valence-corrected chi connectivity index (χ2v) is 6.55. The summed E-state index contributed by atoms with van der Waals surface area (Å²) in [6.07, 6.45) is -7.06. The van der Waals surface area contributed by atoms with Gasteiger partial charge in [0, 0.05) is 5.56 Å². The van der Waals surface area contributed by atoms with Crippen molar-refractivity contribution in [2.45, 2.75) is 37.3 Å². The SMILES string of the molecule is O=C(OCc1ccccc1O[C@@H]1O[C@H](CO)[C@@H](O)[C@H](O)[C@H]1O)c1ccc(O)cc1. The molecule has 0 amide bonds. The number of aliphatic hydroxyl groups is 4. The number of carbonyl (C=O) groups excluding carboxylic acids is 1. The number of hydrogen-bond acceptors (Lipinski definition) is 9. The zero-order valence-corrected chi connectivity index (χ0v) is 15.3. The van der Waals surface area contributed by atoms with Crippen LogP contribution in [0.25, 0.3) is 0 Å². The first-order valence-electron chi connectivity index (χ1n) is 8.92. The van der Waals surface area contributed by atoms with E-state index in [1.807, 2.05) is 0 Å². The first kappa shape index (κ1) is 21.0. The molecule has 1 fully saturated rings. The third-order valence-corrected chi connectivity index (χ3v) is 4.53. The Morgan fingerprint density at radius 3 is 2.34 bits per heavy atom. The van der Waals surface area contributed by atoms with Gasteiger partial charge in [0.25, 0.3) is 0 Å². The monoisotopic (exact) mass is 406 g/mol. The zero-order chi connectivity index (χ0) is 21.0. The van der Waals surface area contributed by atoms with E-state index in [1.165, 1.54) is 24.3 Å². The summed E-state index contributed by atoms with van der Waals surface area (Å²) in [5.41, 5.74) is 0.728. The van der Waals surface area contributed by atoms with E-state index in [4.69, 9.17) is 14.2 Å². The number of rotatable bonds is 6. The van der Waals surface area contributed by atoms with Crippen LogP contribution in [0.3, 0.4) is 0 Å². The fourth-order valence-electron chi connectivity index (χ4n) is 2.85. The molecule has 1 aliphatic rings. The molecule has 29 heavy (non-hydrogen) atoms. The Labute approximate surface area is 166 Å². The molecule has 0 aromatic heterocycles. The average molecular weight is 406 g/mol. The highest BCUT2D eigenvalue weighted by molar-refractivity contribution is 5.89. The lowest BCUT2D eigenvalue weighted by Gasteiger charge is -2.39. The van der Waals surface area contributed by atoms with Crippen molar-refractivity contribution in [2.24, 2.45) is 0 Å². The Hall–Kier alpha value is -2.69. The second kappa shape index (κ2) is 9.21. The summed E-state index contributed by atoms with van der Waals surface area (Å²) >= 11 is 0. The molecule has 9 nitrogen and oxygen atoms in total. The summed E-state index contributed by atoms with van der Waals surface area (Å²) in [5, 5.41) is 48.4. The quantitative estimate of drug-likeness (QED) is 0.416. The molecule has 1 heterocycles. The van der Waals surface area contributed by atoms with E-state index < -0.39 is 43.3 Å². The molecule has 2 aromatic rings. The van der Waals surface area contributed by atoms with Crippen molar-refractivity contribution in [3.8, 4) is 11.5 Å². The lowest BCUT2D eigenvalue weighted by Crippen LogP contribution is -2.60. The first-order valence-corrected chi connectivity index (χ1v) is 8.92. The zero-order valence-electron chi connectivity index (χ0n) is 15.3. The molecule has 0 unspecified atom stereocenters. The molecule has 5 N–H and O–H groups in total. The van der Waals surface area contributed by atoms with E-state index >= 15 is 0 Å². The number of hydrogen-bond donors (Lipinski definition) is 5. The van der Waals surface area contributed by atoms with Gasteiger partial charge in [-0.3, -0.25) is 0 Å². The van der Waals surface area contributed by atoms with Crippen LogP contribution in [0.4, 0.5) is 0 Å². The summed E-state index contributed by atoms with van der Waals surface area (Å²) in [4.78, 5) is 12.1. The molecule has 1 aliphatic heterocycles. The van der Waals surface area contributed by atoms with Crippen LogP contribution in [0.2, 0.25) is 0 Å². The molecular weight excluding hydrogens is 384 g/mol. The van der Waals surface area contributed by atoms with Crippen LogP contribution >= 0.6 is 0 Å². The number of aliphatic hydroxyl groups excluding tert-OH is 4. The van der Waals surface area contributed by atoms with Gasteiger partial charge in [-0.05, 0) is 30.3 Å². The molecule has 0 aliphatic carbocycles. The number of esters is 1. The van der Waals surface area contributed by atoms with E-state index in [9.17, 15) is 30.3 Å². The van der Waals surface area contributed by atoms with E-state index in [1.54, 1.807) is 24.3 Å². The van der Waals surface area contributed by atoms with Crippen LogP contribution in [-0.2, 0) is 16.1 Å². The Morgan fingerprint density at radius 1 is 0.966 bits per heavy atom. The minimum Gasteiger partial charge on any atom is -0.508 e. The van der Waals surface area contributed by atoms with Crippen LogP contribution in [0.15, 0.2) is 48.5 Å². The largest absolute Gasteiger partial charge is 0.508 e. The van der Waals surface area contributed by atoms with Gasteiger partial charge in [0.05, 0.1) is 12.2 Å². The van der Waals surface area contributed by atoms with E-state index in [-0.39, 0.29) is 23.7 Å². The van der Waals surface area contributed by atoms with Crippen molar-refractivity contribution in [1.29, 1.82) is 0 Å². The molecule has 0 radical (unpaired) electrons. The predicted molar refractivity (Wildman–Crippen MR) is 98.1 cm³/mol. The number of phenols is 1. The summed E-state index contributed by atoms with van der Waals surface area (Å²) in [6.45, 7) is -0.718. The van der Waals surface area contributed by atoms with Crippen molar-refractivity contribution in [2.75, 3.05) is 6.61 Å². The van der Waals surface area contributed by atoms with Crippen LogP contribution in [0, 0.1) is 0 Å². The van der Waals surface area contributed by atoms with Gasteiger partial charge in [-0.2, -0.15) is 0 Å². The maximum absolute atomic E-state index is 12.1. The Balaban J connectivity index is 1.68. The summed E-state index contributed by atoms with van der Waals surface area (Å²) in [6, 6.07) is 12.1. The number of para-hydroxylation sites is 1. The van der Waals surface area contributed by atoms with Gasteiger partial charge in [0.2, 0.25) is 6.29 Å². The maximum Gasteiger partial charge on any atom is 0.338 e. The fraction of sp³-hybridized carbons (Fsp3) is 0.350. The molecule has 3 rings (SSSR count). The van der Waals surface area contributed by atoms with Gasteiger partial charge in [-0.25, -0.2) is 4.79 Å². The molecule has 0 bridgehead atoms. The number of phenolic OH excluding ortho intramolecular Hbond substituents is 1. The Bertz CT molecular complexity index is 821. The van der Waals surface area contributed by atoms with E-state index in [2.05, 4.69) is 0 Å². The number of aromatic hydroxyl groups is 1. The maximum atomic E-state index is 12.1. The summed E-state index contributed by atoms with van der Waals surface area (Å²) < 4.78 is 16.2. The van der Waals surface area contributed by atoms with Crippen molar-refractivity contribution in [1.82, 2.24) is 0 Å². The highest BCUT2D eigenvalue weighted by Gasteiger charge is 2.44. The van der Waals surface area contributed by atoms with Gasteiger partial charge < -0.3 is 39.7 Å². The molecule has 5 atom stereocenters. The van der Waals surface area contributed by atoms with Gasteiger partial charge in [-0.1, -0.05) is 18.2 Å². The van der Waals surface area contributed by atoms with E-state index in [0.29, 0.717) is 5.56 Å². The highest BCUT2D eigenvalue weighted by atomic mass is 16.7. The standard InChI is InChI=1S/C20H22O9/c21-9-15-16(23)17(24)18(25)20(29-15)28-14-4-2-1-3-12(14)10-27-19(26)11-5-7-13(22)8-6-11/h1-8,15-18,20-25H,9-10H2/t15-,16-,17+,18-,20-/m1/s1. The predicted octanol–water partition coefficient (Wildman–Crippen LogP) is -0.0721. The lowest BCUT2D eigenvalue weighted by molar-refractivity contribution is -0.277. The minimum atomic E-state index is -1.56. The molecule has 0 saturated carbocycles. The van der Waals surface area contributed by atoms with Gasteiger partial charge in [0.15, 0.2) is 0 Å². The summed E-state index contributed by atoms with van der Waals surface area (Å²) in [5.74, 6) is -0.345. The Kier molecular flexibility index (Phi) is 6.68. The Morgan fingerprint density at radius 2 is 1.66 bits per heavy atom. The smallest absolute Gasteiger partial charge is 0.338 e. The van der Waals surface area contributed by atoms with Crippen molar-refractivity contribution in [3.63, 3.8) is 0 Å². The molecule has 156 valence electrons. The normalized spacial score (nSPS) is 26.7. The molecule has 2 aromatic carbocycles. The van der Waals surface area contributed by atoms with Gasteiger partial charge in [-0.15, -0.1) is 0 Å². The van der Waals surface area contributed by atoms with Gasteiger partial charge >= 0.3 is 5.97 Å². The first-order chi connectivity index (χ1) is 13.9. The third-order valence-electron chi connectivity index (χ3n) is 4.53. The molecule has 0 spiro atoms. The van der Waals surface area contributed by atoms with Crippen LogP contribution < -0.4 is 4.74 Å². The van der Waals surface area contributed by atoms with Crippen LogP contribution in [0.5, 0.6) is 11.5 Å². The molecule has 1 saturated heterocycles. The molecular formula is C20H22O9. The highest BCUT2D eigenvalue weighted by Crippen LogP contribution is 2.27. The van der Waals surface area contributed by atoms with Crippen molar-refractivity contribution in [3.05, 3.63) is 59.7 Å². The van der Waals surface area contributed by atoms with Crippen molar-refractivity contribution < 1.29 is 44.5 Å². The minimum absolute atomic E-state index is 0.0276. The number of benzene rings is 2. The summed E-state index contributed by atoms with van der Waals surface area (Å²) in [7, 11) is 0. The van der Waals surface area contributed by atoms with Gasteiger partial charge in [0.1, 0.15) is 42.5 Å². The van der Waals surface area contributed by atoms with E-state index in [0.717, 1.165) is 0 Å². The average Bonchev–Trinajstić information content (AvgIpc) is 2.73. The second-order valence-electron chi connectivity index (χ2n) is 6.55. The topological polar surface area (TPSA) is 146 Å². The molecule has 9 heteroatoms. The fourth-order valence-corrected chi connectivity index (χ4v) is 2.85. The number of ether oxygens (including phenoxy) is 3. The van der Waals surface area contributed by atoms with Crippen LogP contribution in [0.1, 0.15) is 15.9 Å². The third kappa shape index (κ3) is 4.84. The lowest BCUT2D eigenvalue weighted by atomic mass is 9.99.